The van der Waals surface area contributed by atoms with Crippen molar-refractivity contribution in [1.82, 2.24) is 10.6 Å². The normalized spacial score (nSPS) is 27.9. The van der Waals surface area contributed by atoms with Gasteiger partial charge in [0.2, 0.25) is 0 Å². The van der Waals surface area contributed by atoms with Gasteiger partial charge < -0.3 is 15.4 Å². The summed E-state index contributed by atoms with van der Waals surface area (Å²) in [6.07, 6.45) is 6.37. The van der Waals surface area contributed by atoms with Crippen molar-refractivity contribution in [2.24, 2.45) is 5.92 Å². The van der Waals surface area contributed by atoms with E-state index in [2.05, 4.69) is 17.6 Å². The maximum absolute atomic E-state index is 5.39. The lowest BCUT2D eigenvalue weighted by Crippen LogP contribution is -2.46. The quantitative estimate of drug-likeness (QED) is 0.740. The van der Waals surface area contributed by atoms with Gasteiger partial charge in [-0.1, -0.05) is 12.8 Å². The first-order chi connectivity index (χ1) is 7.75. The number of hydrogen-bond acceptors (Lipinski definition) is 2. The molecule has 1 saturated carbocycles. The van der Waals surface area contributed by atoms with Gasteiger partial charge in [-0.25, -0.2) is 0 Å². The van der Waals surface area contributed by atoms with Gasteiger partial charge in [0.1, 0.15) is 0 Å². The van der Waals surface area contributed by atoms with E-state index in [0.29, 0.717) is 18.0 Å². The van der Waals surface area contributed by atoms with E-state index in [-0.39, 0.29) is 0 Å². The van der Waals surface area contributed by atoms with Crippen molar-refractivity contribution in [2.75, 3.05) is 13.2 Å². The van der Waals surface area contributed by atoms with Crippen LogP contribution < -0.4 is 10.6 Å². The number of ether oxygens (including phenoxy) is 1. The number of thiocarbonyl (C=S) groups is 1. The van der Waals surface area contributed by atoms with Crippen LogP contribution in [0.2, 0.25) is 0 Å². The minimum atomic E-state index is 0.420. The Labute approximate surface area is 103 Å². The van der Waals surface area contributed by atoms with E-state index in [1.807, 2.05) is 0 Å². The van der Waals surface area contributed by atoms with Crippen molar-refractivity contribution < 1.29 is 4.74 Å². The molecule has 1 heterocycles. The highest BCUT2D eigenvalue weighted by molar-refractivity contribution is 7.80. The van der Waals surface area contributed by atoms with Crippen molar-refractivity contribution in [3.05, 3.63) is 0 Å². The first-order valence-electron chi connectivity index (χ1n) is 6.40. The van der Waals surface area contributed by atoms with Crippen molar-refractivity contribution in [3.63, 3.8) is 0 Å². The Morgan fingerprint density at radius 2 is 2.06 bits per heavy atom. The molecule has 0 aromatic carbocycles. The molecule has 0 radical (unpaired) electrons. The highest BCUT2D eigenvalue weighted by Crippen LogP contribution is 2.18. The number of rotatable bonds is 3. The first-order valence-corrected chi connectivity index (χ1v) is 6.81. The molecular weight excluding hydrogens is 220 g/mol. The smallest absolute Gasteiger partial charge is 0.166 e. The van der Waals surface area contributed by atoms with Gasteiger partial charge in [0.05, 0.1) is 6.61 Å². The Hall–Kier alpha value is -0.350. The fourth-order valence-electron chi connectivity index (χ4n) is 2.57. The summed E-state index contributed by atoms with van der Waals surface area (Å²) in [6, 6.07) is 1.02. The maximum atomic E-state index is 5.39. The topological polar surface area (TPSA) is 33.3 Å². The second-order valence-corrected chi connectivity index (χ2v) is 5.42. The minimum Gasteiger partial charge on any atom is -0.381 e. The third-order valence-corrected chi connectivity index (χ3v) is 3.96. The first kappa shape index (κ1) is 12.1. The zero-order valence-corrected chi connectivity index (χ0v) is 10.8. The standard InChI is InChI=1S/C12H22N2OS/c1-9(10-6-7-15-8-10)13-12(16)14-11-4-2-3-5-11/h9-11H,2-8H2,1H3,(H2,13,14,16). The summed E-state index contributed by atoms with van der Waals surface area (Å²) in [5.74, 6) is 0.614. The molecule has 0 aromatic rings. The molecule has 2 aliphatic rings. The van der Waals surface area contributed by atoms with Crippen molar-refractivity contribution in [2.45, 2.75) is 51.1 Å². The lowest BCUT2D eigenvalue weighted by Gasteiger charge is -2.23. The van der Waals surface area contributed by atoms with Crippen LogP contribution in [-0.4, -0.2) is 30.4 Å². The summed E-state index contributed by atoms with van der Waals surface area (Å²) < 4.78 is 5.39. The summed E-state index contributed by atoms with van der Waals surface area (Å²) in [7, 11) is 0. The van der Waals surface area contributed by atoms with Gasteiger partial charge in [0.25, 0.3) is 0 Å². The second kappa shape index (κ2) is 5.82. The molecule has 1 aliphatic carbocycles. The molecule has 0 bridgehead atoms. The average Bonchev–Trinajstić information content (AvgIpc) is 2.88. The van der Waals surface area contributed by atoms with Crippen molar-refractivity contribution in [1.29, 1.82) is 0 Å². The van der Waals surface area contributed by atoms with Gasteiger partial charge in [-0.15, -0.1) is 0 Å². The van der Waals surface area contributed by atoms with Crippen LogP contribution in [0.15, 0.2) is 0 Å². The maximum Gasteiger partial charge on any atom is 0.166 e. The Balaban J connectivity index is 1.68. The molecule has 2 unspecified atom stereocenters. The van der Waals surface area contributed by atoms with Gasteiger partial charge in [-0.3, -0.25) is 0 Å². The molecule has 0 amide bonds. The third kappa shape index (κ3) is 3.32. The van der Waals surface area contributed by atoms with Gasteiger partial charge in [-0.2, -0.15) is 0 Å². The monoisotopic (exact) mass is 242 g/mol. The highest BCUT2D eigenvalue weighted by Gasteiger charge is 2.23. The van der Waals surface area contributed by atoms with Crippen LogP contribution in [0.25, 0.3) is 0 Å². The molecule has 3 nitrogen and oxygen atoms in total. The van der Waals surface area contributed by atoms with Crippen molar-refractivity contribution in [3.8, 4) is 0 Å². The summed E-state index contributed by atoms with van der Waals surface area (Å²) in [4.78, 5) is 0. The summed E-state index contributed by atoms with van der Waals surface area (Å²) >= 11 is 5.34. The molecule has 2 fully saturated rings. The van der Waals surface area contributed by atoms with Crippen LogP contribution in [0.1, 0.15) is 39.0 Å². The van der Waals surface area contributed by atoms with Crippen molar-refractivity contribution >= 4 is 17.3 Å². The fourth-order valence-corrected chi connectivity index (χ4v) is 2.92. The third-order valence-electron chi connectivity index (χ3n) is 3.72. The molecule has 2 atom stereocenters. The molecule has 2 rings (SSSR count). The van der Waals surface area contributed by atoms with Crippen LogP contribution in [0.5, 0.6) is 0 Å². The molecule has 1 saturated heterocycles. The molecule has 1 aliphatic heterocycles. The van der Waals surface area contributed by atoms with Crippen LogP contribution in [0.4, 0.5) is 0 Å². The Morgan fingerprint density at radius 3 is 2.69 bits per heavy atom. The fraction of sp³-hybridized carbons (Fsp3) is 0.917. The predicted octanol–water partition coefficient (Wildman–Crippen LogP) is 1.82. The van der Waals surface area contributed by atoms with Gasteiger partial charge >= 0.3 is 0 Å². The average molecular weight is 242 g/mol. The van der Waals surface area contributed by atoms with E-state index in [1.165, 1.54) is 25.7 Å². The van der Waals surface area contributed by atoms with E-state index in [1.54, 1.807) is 0 Å². The molecule has 4 heteroatoms. The largest absolute Gasteiger partial charge is 0.381 e. The van der Waals surface area contributed by atoms with Gasteiger partial charge in [0.15, 0.2) is 5.11 Å². The Morgan fingerprint density at radius 1 is 1.31 bits per heavy atom. The molecule has 2 N–H and O–H groups in total. The van der Waals surface area contributed by atoms with Crippen LogP contribution in [0, 0.1) is 5.92 Å². The summed E-state index contributed by atoms with van der Waals surface area (Å²) in [6.45, 7) is 3.97. The van der Waals surface area contributed by atoms with E-state index in [4.69, 9.17) is 17.0 Å². The highest BCUT2D eigenvalue weighted by atomic mass is 32.1. The second-order valence-electron chi connectivity index (χ2n) is 5.01. The zero-order chi connectivity index (χ0) is 11.4. The van der Waals surface area contributed by atoms with Crippen LogP contribution in [-0.2, 0) is 4.74 Å². The van der Waals surface area contributed by atoms with Gasteiger partial charge in [0, 0.05) is 24.6 Å². The lowest BCUT2D eigenvalue weighted by atomic mass is 10.0. The summed E-state index contributed by atoms with van der Waals surface area (Å²) in [5, 5.41) is 7.63. The number of nitrogens with one attached hydrogen (secondary N) is 2. The SMILES string of the molecule is CC(NC(=S)NC1CCCC1)C1CCOC1. The predicted molar refractivity (Wildman–Crippen MR) is 69.5 cm³/mol. The van der Waals surface area contributed by atoms with E-state index in [0.717, 1.165) is 24.7 Å². The minimum absolute atomic E-state index is 0.420. The molecular formula is C12H22N2OS. The molecule has 92 valence electrons. The van der Waals surface area contributed by atoms with E-state index < -0.39 is 0 Å². The lowest BCUT2D eigenvalue weighted by molar-refractivity contribution is 0.180. The Kier molecular flexibility index (Phi) is 4.41. The Bertz CT molecular complexity index is 235. The zero-order valence-electron chi connectivity index (χ0n) is 10.00. The van der Waals surface area contributed by atoms with E-state index >= 15 is 0 Å². The van der Waals surface area contributed by atoms with E-state index in [9.17, 15) is 0 Å². The molecule has 0 spiro atoms. The summed E-state index contributed by atoms with van der Waals surface area (Å²) in [5.41, 5.74) is 0. The molecule has 16 heavy (non-hydrogen) atoms. The van der Waals surface area contributed by atoms with Gasteiger partial charge in [-0.05, 0) is 38.4 Å². The van der Waals surface area contributed by atoms with Crippen LogP contribution >= 0.6 is 12.2 Å². The molecule has 0 aromatic heterocycles. The van der Waals surface area contributed by atoms with Crippen LogP contribution in [0.3, 0.4) is 0 Å². The number of hydrogen-bond donors (Lipinski definition) is 2.